The summed E-state index contributed by atoms with van der Waals surface area (Å²) in [6, 6.07) is 20.3. The molecule has 0 saturated carbocycles. The highest BCUT2D eigenvalue weighted by Crippen LogP contribution is 2.33. The molecule has 0 spiro atoms. The van der Waals surface area contributed by atoms with Crippen molar-refractivity contribution < 1.29 is 13.6 Å². The zero-order valence-corrected chi connectivity index (χ0v) is 18.8. The molecule has 2 heterocycles. The number of halogens is 2. The summed E-state index contributed by atoms with van der Waals surface area (Å²) in [7, 11) is 0. The number of aromatic nitrogens is 2. The summed E-state index contributed by atoms with van der Waals surface area (Å²) in [5.74, 6) is 0.914. The van der Waals surface area contributed by atoms with E-state index in [1.807, 2.05) is 31.2 Å². The number of rotatable bonds is 5. The van der Waals surface area contributed by atoms with E-state index in [-0.39, 0.29) is 24.0 Å². The van der Waals surface area contributed by atoms with Crippen molar-refractivity contribution in [2.75, 3.05) is 11.9 Å². The summed E-state index contributed by atoms with van der Waals surface area (Å²) in [5, 5.41) is 3.48. The van der Waals surface area contributed by atoms with Crippen molar-refractivity contribution in [3.05, 3.63) is 101 Å². The van der Waals surface area contributed by atoms with Crippen LogP contribution in [0.1, 0.15) is 17.0 Å². The molecule has 0 saturated heterocycles. The van der Waals surface area contributed by atoms with Crippen LogP contribution in [0.5, 0.6) is 0 Å². The van der Waals surface area contributed by atoms with Gasteiger partial charge in [-0.05, 0) is 61.0 Å². The van der Waals surface area contributed by atoms with Crippen molar-refractivity contribution in [1.29, 1.82) is 0 Å². The van der Waals surface area contributed by atoms with Crippen LogP contribution in [0, 0.1) is 18.6 Å². The van der Waals surface area contributed by atoms with Gasteiger partial charge < -0.3 is 14.8 Å². The number of carbonyl (C=O) groups excluding carboxylic acids is 1. The number of nitrogens with one attached hydrogen (secondary N) is 1. The Bertz CT molecular complexity index is 1310. The van der Waals surface area contributed by atoms with Crippen LogP contribution >= 0.6 is 0 Å². The highest BCUT2D eigenvalue weighted by molar-refractivity contribution is 5.80. The molecule has 1 aliphatic rings. The second-order valence-electron chi connectivity index (χ2n) is 8.49. The Hall–Kier alpha value is -4.00. The van der Waals surface area contributed by atoms with Gasteiger partial charge in [0.25, 0.3) is 0 Å². The lowest BCUT2D eigenvalue weighted by Gasteiger charge is -2.28. The molecule has 0 radical (unpaired) electrons. The van der Waals surface area contributed by atoms with Gasteiger partial charge in [0.2, 0.25) is 5.91 Å². The predicted molar refractivity (Wildman–Crippen MR) is 128 cm³/mol. The zero-order valence-electron chi connectivity index (χ0n) is 18.8. The number of fused-ring (bicyclic) bond motifs is 1. The summed E-state index contributed by atoms with van der Waals surface area (Å²) in [6.45, 7) is 3.51. The molecule has 1 N–H and O–H groups in total. The summed E-state index contributed by atoms with van der Waals surface area (Å²) in [5.41, 5.74) is 4.36. The fraction of sp³-hybridized carbons (Fsp3) is 0.185. The molecule has 0 fully saturated rings. The lowest BCUT2D eigenvalue weighted by molar-refractivity contribution is -0.132. The van der Waals surface area contributed by atoms with Gasteiger partial charge in [-0.15, -0.1) is 0 Å². The van der Waals surface area contributed by atoms with Gasteiger partial charge in [0.05, 0.1) is 13.0 Å². The van der Waals surface area contributed by atoms with Gasteiger partial charge in [-0.25, -0.2) is 13.8 Å². The maximum Gasteiger partial charge on any atom is 0.227 e. The topological polar surface area (TPSA) is 50.2 Å². The molecule has 1 amide bonds. The smallest absolute Gasteiger partial charge is 0.227 e. The predicted octanol–water partition coefficient (Wildman–Crippen LogP) is 5.47. The van der Waals surface area contributed by atoms with Gasteiger partial charge >= 0.3 is 0 Å². The largest absolute Gasteiger partial charge is 0.340 e. The number of benzene rings is 3. The van der Waals surface area contributed by atoms with Crippen LogP contribution in [0.2, 0.25) is 0 Å². The van der Waals surface area contributed by atoms with Crippen LogP contribution in [0.15, 0.2) is 72.8 Å². The van der Waals surface area contributed by atoms with E-state index < -0.39 is 0 Å². The minimum absolute atomic E-state index is 0.0303. The van der Waals surface area contributed by atoms with Crippen molar-refractivity contribution >= 4 is 17.4 Å². The SMILES string of the molecule is Cc1ccc(Nc2c(-c3ccc(F)cc3)nc3n2CCN(C(=O)Cc2ccc(F)cc2)C3)cc1. The molecule has 5 rings (SSSR count). The molecule has 4 aromatic rings. The summed E-state index contributed by atoms with van der Waals surface area (Å²) in [4.78, 5) is 19.5. The first-order chi connectivity index (χ1) is 16.5. The Morgan fingerprint density at radius 1 is 0.912 bits per heavy atom. The van der Waals surface area contributed by atoms with Gasteiger partial charge in [-0.2, -0.15) is 0 Å². The molecular weight excluding hydrogens is 434 g/mol. The molecule has 0 unspecified atom stereocenters. The van der Waals surface area contributed by atoms with Gasteiger partial charge in [-0.3, -0.25) is 4.79 Å². The van der Waals surface area contributed by atoms with E-state index in [1.165, 1.54) is 24.3 Å². The summed E-state index contributed by atoms with van der Waals surface area (Å²) in [6.07, 6.45) is 0.209. The average molecular weight is 459 g/mol. The Balaban J connectivity index is 1.44. The number of hydrogen-bond donors (Lipinski definition) is 1. The Labute approximate surface area is 196 Å². The fourth-order valence-corrected chi connectivity index (χ4v) is 4.14. The number of carbonyl (C=O) groups is 1. The normalized spacial score (nSPS) is 13.0. The molecule has 1 aromatic heterocycles. The average Bonchev–Trinajstić information content (AvgIpc) is 3.20. The minimum atomic E-state index is -0.321. The zero-order chi connectivity index (χ0) is 23.7. The third-order valence-electron chi connectivity index (χ3n) is 6.03. The molecule has 7 heteroatoms. The van der Waals surface area contributed by atoms with Gasteiger partial charge in [0.1, 0.15) is 29.0 Å². The first-order valence-corrected chi connectivity index (χ1v) is 11.2. The van der Waals surface area contributed by atoms with Crippen LogP contribution in [0.25, 0.3) is 11.3 Å². The Kier molecular flexibility index (Phi) is 5.84. The maximum atomic E-state index is 13.5. The van der Waals surface area contributed by atoms with Crippen molar-refractivity contribution in [3.8, 4) is 11.3 Å². The Morgan fingerprint density at radius 3 is 2.24 bits per heavy atom. The number of hydrogen-bond acceptors (Lipinski definition) is 3. The van der Waals surface area contributed by atoms with Gasteiger partial charge in [-0.1, -0.05) is 29.8 Å². The van der Waals surface area contributed by atoms with Crippen LogP contribution in [-0.2, 0) is 24.3 Å². The maximum absolute atomic E-state index is 13.5. The van der Waals surface area contributed by atoms with Crippen molar-refractivity contribution in [2.45, 2.75) is 26.4 Å². The molecule has 0 aliphatic carbocycles. The number of imidazole rings is 1. The summed E-state index contributed by atoms with van der Waals surface area (Å²) < 4.78 is 28.8. The lowest BCUT2D eigenvalue weighted by atomic mass is 10.1. The summed E-state index contributed by atoms with van der Waals surface area (Å²) >= 11 is 0. The quantitative estimate of drug-likeness (QED) is 0.432. The van der Waals surface area contributed by atoms with E-state index in [9.17, 15) is 13.6 Å². The molecule has 34 heavy (non-hydrogen) atoms. The highest BCUT2D eigenvalue weighted by atomic mass is 19.1. The standard InChI is InChI=1S/C27H24F2N4O/c1-18-2-12-23(13-3-18)30-27-26(20-6-10-22(29)11-7-20)31-24-17-32(14-15-33(24)27)25(34)16-19-4-8-21(28)9-5-19/h2-13,30H,14-17H2,1H3. The molecule has 0 bridgehead atoms. The van der Waals surface area contributed by atoms with Crippen LogP contribution in [0.4, 0.5) is 20.3 Å². The number of nitrogens with zero attached hydrogens (tertiary/aromatic N) is 3. The van der Waals surface area contributed by atoms with Crippen LogP contribution in [-0.4, -0.2) is 26.9 Å². The first-order valence-electron chi connectivity index (χ1n) is 11.2. The molecule has 3 aromatic carbocycles. The highest BCUT2D eigenvalue weighted by Gasteiger charge is 2.27. The molecule has 0 atom stereocenters. The van der Waals surface area contributed by atoms with Crippen molar-refractivity contribution in [1.82, 2.24) is 14.5 Å². The van der Waals surface area contributed by atoms with Gasteiger partial charge in [0, 0.05) is 24.3 Å². The number of amides is 1. The third kappa shape index (κ3) is 4.55. The van der Waals surface area contributed by atoms with E-state index in [4.69, 9.17) is 4.98 Å². The van der Waals surface area contributed by atoms with E-state index in [0.29, 0.717) is 25.3 Å². The lowest BCUT2D eigenvalue weighted by Crippen LogP contribution is -2.39. The van der Waals surface area contributed by atoms with Crippen LogP contribution < -0.4 is 5.32 Å². The van der Waals surface area contributed by atoms with E-state index in [2.05, 4.69) is 9.88 Å². The molecule has 5 nitrogen and oxygen atoms in total. The fourth-order valence-electron chi connectivity index (χ4n) is 4.14. The minimum Gasteiger partial charge on any atom is -0.340 e. The third-order valence-corrected chi connectivity index (χ3v) is 6.03. The monoisotopic (exact) mass is 458 g/mol. The second-order valence-corrected chi connectivity index (χ2v) is 8.49. The molecule has 1 aliphatic heterocycles. The van der Waals surface area contributed by atoms with Crippen molar-refractivity contribution in [2.24, 2.45) is 0 Å². The second kappa shape index (κ2) is 9.09. The van der Waals surface area contributed by atoms with E-state index in [0.717, 1.165) is 34.0 Å². The van der Waals surface area contributed by atoms with Gasteiger partial charge in [0.15, 0.2) is 0 Å². The molecule has 172 valence electrons. The van der Waals surface area contributed by atoms with E-state index in [1.54, 1.807) is 29.2 Å². The van der Waals surface area contributed by atoms with Crippen LogP contribution in [0.3, 0.4) is 0 Å². The number of anilines is 2. The van der Waals surface area contributed by atoms with E-state index >= 15 is 0 Å². The number of aryl methyl sites for hydroxylation is 1. The molecular formula is C27H24F2N4O. The Morgan fingerprint density at radius 2 is 1.56 bits per heavy atom. The first kappa shape index (κ1) is 21.8. The van der Waals surface area contributed by atoms with Crippen molar-refractivity contribution in [3.63, 3.8) is 0 Å².